The molecule has 34 heavy (non-hydrogen) atoms. The summed E-state index contributed by atoms with van der Waals surface area (Å²) in [4.78, 5) is 35.4. The van der Waals surface area contributed by atoms with E-state index in [1.54, 1.807) is 57.3 Å². The molecule has 1 atom stereocenters. The van der Waals surface area contributed by atoms with Gasteiger partial charge in [0.1, 0.15) is 11.4 Å². The molecular weight excluding hydrogens is 452 g/mol. The zero-order chi connectivity index (χ0) is 24.3. The Morgan fingerprint density at radius 2 is 1.76 bits per heavy atom. The summed E-state index contributed by atoms with van der Waals surface area (Å²) in [5.41, 5.74) is 0.855. The largest absolute Gasteiger partial charge is 0.444 e. The second-order valence-electron chi connectivity index (χ2n) is 8.83. The van der Waals surface area contributed by atoms with E-state index in [1.807, 2.05) is 36.4 Å². The highest BCUT2D eigenvalue weighted by atomic mass is 35.5. The van der Waals surface area contributed by atoms with E-state index in [2.05, 4.69) is 10.3 Å². The number of pyridine rings is 1. The van der Waals surface area contributed by atoms with Crippen molar-refractivity contribution in [3.63, 3.8) is 0 Å². The number of hydrogen-bond donors (Lipinski definition) is 1. The minimum atomic E-state index is -0.690. The van der Waals surface area contributed by atoms with Gasteiger partial charge in [0.15, 0.2) is 5.15 Å². The Hall–Kier alpha value is -3.71. The maximum Gasteiger partial charge on any atom is 0.408 e. The van der Waals surface area contributed by atoms with Crippen LogP contribution in [0.5, 0.6) is 0 Å². The first-order valence-corrected chi connectivity index (χ1v) is 11.3. The molecule has 0 aliphatic heterocycles. The first kappa shape index (κ1) is 23.4. The number of ether oxygens (including phenoxy) is 1. The molecule has 2 aromatic heterocycles. The van der Waals surface area contributed by atoms with E-state index in [9.17, 15) is 9.59 Å². The molecule has 7 nitrogen and oxygen atoms in total. The zero-order valence-electron chi connectivity index (χ0n) is 19.2. The maximum atomic E-state index is 13.7. The Morgan fingerprint density at radius 1 is 1.06 bits per heavy atom. The highest BCUT2D eigenvalue weighted by molar-refractivity contribution is 6.31. The number of amides is 1. The number of carbonyl (C=O) groups excluding carboxylic acids is 1. The van der Waals surface area contributed by atoms with Gasteiger partial charge in [-0.15, -0.1) is 0 Å². The molecule has 0 radical (unpaired) electrons. The number of aromatic nitrogens is 3. The molecule has 174 valence electrons. The third-order valence-electron chi connectivity index (χ3n) is 5.07. The number of hydrogen-bond acceptors (Lipinski definition) is 5. The van der Waals surface area contributed by atoms with E-state index >= 15 is 0 Å². The van der Waals surface area contributed by atoms with Crippen LogP contribution in [0.15, 0.2) is 77.7 Å². The molecule has 4 aromatic rings. The van der Waals surface area contributed by atoms with E-state index in [-0.39, 0.29) is 10.7 Å². The number of para-hydroxylation sites is 1. The van der Waals surface area contributed by atoms with E-state index in [0.717, 1.165) is 5.56 Å². The molecule has 0 saturated carbocycles. The smallest absolute Gasteiger partial charge is 0.408 e. The molecular formula is C26H25ClN4O3. The molecule has 0 aliphatic rings. The number of rotatable bonds is 5. The van der Waals surface area contributed by atoms with Crippen LogP contribution in [0.2, 0.25) is 5.15 Å². The first-order valence-electron chi connectivity index (χ1n) is 10.9. The van der Waals surface area contributed by atoms with Crippen LogP contribution in [0.3, 0.4) is 0 Å². The van der Waals surface area contributed by atoms with Crippen molar-refractivity contribution in [3.05, 3.63) is 99.8 Å². The summed E-state index contributed by atoms with van der Waals surface area (Å²) in [6.07, 6.45) is 1.31. The molecule has 2 heterocycles. The Bertz CT molecular complexity index is 1380. The second kappa shape index (κ2) is 9.65. The third-order valence-corrected chi connectivity index (χ3v) is 5.36. The van der Waals surface area contributed by atoms with Gasteiger partial charge in [-0.3, -0.25) is 9.36 Å². The summed E-state index contributed by atoms with van der Waals surface area (Å²) in [6, 6.07) is 19.4. The molecule has 0 bridgehead atoms. The third kappa shape index (κ3) is 5.26. The van der Waals surface area contributed by atoms with E-state index in [0.29, 0.717) is 28.8 Å². The number of halogens is 1. The molecule has 2 aromatic carbocycles. The summed E-state index contributed by atoms with van der Waals surface area (Å²) in [7, 11) is 0. The molecule has 1 amide bonds. The Labute approximate surface area is 202 Å². The molecule has 4 rings (SSSR count). The van der Waals surface area contributed by atoms with E-state index in [4.69, 9.17) is 21.3 Å². The lowest BCUT2D eigenvalue weighted by Gasteiger charge is -2.25. The fourth-order valence-electron chi connectivity index (χ4n) is 3.67. The minimum absolute atomic E-state index is 0.152. The van der Waals surface area contributed by atoms with Gasteiger partial charge >= 0.3 is 6.09 Å². The second-order valence-corrected chi connectivity index (χ2v) is 9.19. The topological polar surface area (TPSA) is 86.1 Å². The average molecular weight is 477 g/mol. The van der Waals surface area contributed by atoms with Gasteiger partial charge in [-0.2, -0.15) is 0 Å². The van der Waals surface area contributed by atoms with Crippen LogP contribution in [0.4, 0.5) is 4.79 Å². The maximum absolute atomic E-state index is 13.7. The van der Waals surface area contributed by atoms with Gasteiger partial charge in [-0.05, 0) is 50.6 Å². The summed E-state index contributed by atoms with van der Waals surface area (Å²) >= 11 is 6.40. The lowest BCUT2D eigenvalue weighted by atomic mass is 10.0. The van der Waals surface area contributed by atoms with Crippen molar-refractivity contribution in [1.82, 2.24) is 19.9 Å². The van der Waals surface area contributed by atoms with E-state index < -0.39 is 17.7 Å². The van der Waals surface area contributed by atoms with Crippen molar-refractivity contribution >= 4 is 28.6 Å². The summed E-state index contributed by atoms with van der Waals surface area (Å²) in [5.74, 6) is 0.327. The monoisotopic (exact) mass is 476 g/mol. The summed E-state index contributed by atoms with van der Waals surface area (Å²) < 4.78 is 6.93. The van der Waals surface area contributed by atoms with Gasteiger partial charge in [0.2, 0.25) is 0 Å². The molecule has 0 unspecified atom stereocenters. The van der Waals surface area contributed by atoms with Crippen molar-refractivity contribution < 1.29 is 9.53 Å². The van der Waals surface area contributed by atoms with Crippen LogP contribution in [0.1, 0.15) is 38.2 Å². The predicted molar refractivity (Wildman–Crippen MR) is 132 cm³/mol. The number of carbonyl (C=O) groups is 1. The van der Waals surface area contributed by atoms with Crippen LogP contribution in [-0.4, -0.2) is 26.2 Å². The molecule has 1 N–H and O–H groups in total. The van der Waals surface area contributed by atoms with Crippen molar-refractivity contribution in [1.29, 1.82) is 0 Å². The highest BCUT2D eigenvalue weighted by Crippen LogP contribution is 2.25. The zero-order valence-corrected chi connectivity index (χ0v) is 19.9. The number of fused-ring (bicyclic) bond motifs is 1. The van der Waals surface area contributed by atoms with Crippen LogP contribution < -0.4 is 10.9 Å². The summed E-state index contributed by atoms with van der Waals surface area (Å²) in [6.45, 7) is 5.37. The predicted octanol–water partition coefficient (Wildman–Crippen LogP) is 5.24. The van der Waals surface area contributed by atoms with Crippen LogP contribution >= 0.6 is 11.6 Å². The molecule has 0 fully saturated rings. The Kier molecular flexibility index (Phi) is 6.65. The van der Waals surface area contributed by atoms with Crippen molar-refractivity contribution in [3.8, 4) is 5.69 Å². The molecule has 0 aliphatic carbocycles. The standard InChI is InChI=1S/C26H25ClN4O3/c1-26(2,3)34-25(33)30-20(16-17-10-5-4-6-11-17)23-29-19-13-8-7-12-18(19)24(32)31(23)21-14-9-15-28-22(21)27/h4-15,20H,16H2,1-3H3,(H,30,33)/t20-/m0/s1. The number of nitrogens with zero attached hydrogens (tertiary/aromatic N) is 3. The lowest BCUT2D eigenvalue weighted by molar-refractivity contribution is 0.0500. The molecule has 0 spiro atoms. The molecule has 8 heteroatoms. The van der Waals surface area contributed by atoms with Crippen molar-refractivity contribution in [2.45, 2.75) is 38.8 Å². The van der Waals surface area contributed by atoms with Crippen molar-refractivity contribution in [2.75, 3.05) is 0 Å². The van der Waals surface area contributed by atoms with Crippen molar-refractivity contribution in [2.24, 2.45) is 0 Å². The van der Waals surface area contributed by atoms with Gasteiger partial charge in [0.25, 0.3) is 5.56 Å². The van der Waals surface area contributed by atoms with E-state index in [1.165, 1.54) is 4.57 Å². The van der Waals surface area contributed by atoms with Gasteiger partial charge in [-0.1, -0.05) is 54.1 Å². The number of nitrogens with one attached hydrogen (secondary N) is 1. The lowest BCUT2D eigenvalue weighted by Crippen LogP contribution is -2.39. The van der Waals surface area contributed by atoms with Gasteiger partial charge < -0.3 is 10.1 Å². The Balaban J connectivity index is 1.92. The van der Waals surface area contributed by atoms with Crippen LogP contribution in [0.25, 0.3) is 16.6 Å². The quantitative estimate of drug-likeness (QED) is 0.398. The SMILES string of the molecule is CC(C)(C)OC(=O)N[C@@H](Cc1ccccc1)c1nc2ccccc2c(=O)n1-c1cccnc1Cl. The number of alkyl carbamates (subject to hydrolysis) is 1. The fraction of sp³-hybridized carbons (Fsp3) is 0.231. The number of benzene rings is 2. The Morgan fingerprint density at radius 3 is 2.47 bits per heavy atom. The normalized spacial score (nSPS) is 12.4. The fourth-order valence-corrected chi connectivity index (χ4v) is 3.87. The van der Waals surface area contributed by atoms with Crippen LogP contribution in [0, 0.1) is 0 Å². The van der Waals surface area contributed by atoms with Gasteiger partial charge in [-0.25, -0.2) is 14.8 Å². The first-order chi connectivity index (χ1) is 16.2. The average Bonchev–Trinajstić information content (AvgIpc) is 2.79. The van der Waals surface area contributed by atoms with Gasteiger partial charge in [0.05, 0.1) is 22.6 Å². The molecule has 0 saturated heterocycles. The van der Waals surface area contributed by atoms with Crippen LogP contribution in [-0.2, 0) is 11.2 Å². The minimum Gasteiger partial charge on any atom is -0.444 e. The summed E-state index contributed by atoms with van der Waals surface area (Å²) in [5, 5.41) is 3.50. The highest BCUT2D eigenvalue weighted by Gasteiger charge is 2.26. The van der Waals surface area contributed by atoms with Gasteiger partial charge in [0, 0.05) is 12.6 Å².